The van der Waals surface area contributed by atoms with Gasteiger partial charge in [0.1, 0.15) is 6.61 Å². The predicted molar refractivity (Wildman–Crippen MR) is 72.2 cm³/mol. The van der Waals surface area contributed by atoms with Crippen molar-refractivity contribution in [2.24, 2.45) is 0 Å². The molecular weight excluding hydrogens is 266 g/mol. The number of hydrogen-bond acceptors (Lipinski definition) is 4. The number of sulfonamides is 1. The van der Waals surface area contributed by atoms with Crippen molar-refractivity contribution >= 4 is 16.0 Å². The fourth-order valence-corrected chi connectivity index (χ4v) is 2.43. The zero-order valence-corrected chi connectivity index (χ0v) is 12.0. The van der Waals surface area contributed by atoms with Crippen LogP contribution in [0.1, 0.15) is 25.3 Å². The summed E-state index contributed by atoms with van der Waals surface area (Å²) >= 11 is 0. The van der Waals surface area contributed by atoms with Crippen molar-refractivity contribution in [3.63, 3.8) is 0 Å². The molecule has 0 fully saturated rings. The number of esters is 1. The molecule has 5 nitrogen and oxygen atoms in total. The van der Waals surface area contributed by atoms with Gasteiger partial charge in [-0.05, 0) is 25.5 Å². The van der Waals surface area contributed by atoms with Crippen LogP contribution in [0, 0.1) is 6.92 Å². The zero-order valence-electron chi connectivity index (χ0n) is 11.2. The Morgan fingerprint density at radius 3 is 2.47 bits per heavy atom. The molecule has 0 spiro atoms. The Kier molecular flexibility index (Phi) is 5.98. The van der Waals surface area contributed by atoms with Gasteiger partial charge < -0.3 is 4.74 Å². The molecule has 0 aliphatic heterocycles. The van der Waals surface area contributed by atoms with Gasteiger partial charge in [-0.1, -0.05) is 24.6 Å². The summed E-state index contributed by atoms with van der Waals surface area (Å²) in [5.74, 6) is -0.308. The van der Waals surface area contributed by atoms with E-state index in [-0.39, 0.29) is 24.0 Å². The summed E-state index contributed by atoms with van der Waals surface area (Å²) in [6.07, 6.45) is 1.07. The van der Waals surface area contributed by atoms with Gasteiger partial charge in [0.15, 0.2) is 0 Å². The standard InChI is InChI=1S/C13H19NO4S/c1-3-4-13(15)18-10-9-14-19(16,17)12-7-5-11(2)6-8-12/h5-8,14H,3-4,9-10H2,1-2H3. The zero-order chi connectivity index (χ0) is 14.3. The van der Waals surface area contributed by atoms with Crippen molar-refractivity contribution in [1.29, 1.82) is 0 Å². The number of hydrogen-bond donors (Lipinski definition) is 1. The van der Waals surface area contributed by atoms with Gasteiger partial charge in [0, 0.05) is 13.0 Å². The average Bonchev–Trinajstić information content (AvgIpc) is 2.36. The maximum atomic E-state index is 11.9. The summed E-state index contributed by atoms with van der Waals surface area (Å²) in [4.78, 5) is 11.3. The molecular formula is C13H19NO4S. The van der Waals surface area contributed by atoms with E-state index >= 15 is 0 Å². The molecule has 0 aliphatic rings. The second kappa shape index (κ2) is 7.25. The van der Waals surface area contributed by atoms with E-state index in [0.29, 0.717) is 12.8 Å². The molecule has 1 rings (SSSR count). The Hall–Kier alpha value is -1.40. The third kappa shape index (κ3) is 5.40. The van der Waals surface area contributed by atoms with E-state index in [9.17, 15) is 13.2 Å². The Balaban J connectivity index is 2.43. The molecule has 106 valence electrons. The first-order chi connectivity index (χ1) is 8.95. The van der Waals surface area contributed by atoms with Crippen LogP contribution in [0.3, 0.4) is 0 Å². The van der Waals surface area contributed by atoms with Crippen molar-refractivity contribution in [3.05, 3.63) is 29.8 Å². The van der Waals surface area contributed by atoms with E-state index in [1.165, 1.54) is 0 Å². The lowest BCUT2D eigenvalue weighted by Crippen LogP contribution is -2.28. The van der Waals surface area contributed by atoms with Gasteiger partial charge in [-0.15, -0.1) is 0 Å². The molecule has 0 bridgehead atoms. The van der Waals surface area contributed by atoms with E-state index < -0.39 is 10.0 Å². The van der Waals surface area contributed by atoms with Crippen molar-refractivity contribution < 1.29 is 17.9 Å². The number of nitrogens with one attached hydrogen (secondary N) is 1. The summed E-state index contributed by atoms with van der Waals surface area (Å²) in [5.41, 5.74) is 0.993. The Labute approximate surface area is 114 Å². The summed E-state index contributed by atoms with van der Waals surface area (Å²) < 4.78 is 31.0. The van der Waals surface area contributed by atoms with Gasteiger partial charge in [-0.2, -0.15) is 0 Å². The van der Waals surface area contributed by atoms with Crippen LogP contribution in [0.4, 0.5) is 0 Å². The van der Waals surface area contributed by atoms with Crippen LogP contribution in [-0.2, 0) is 19.6 Å². The lowest BCUT2D eigenvalue weighted by molar-refractivity contribution is -0.143. The van der Waals surface area contributed by atoms with Crippen molar-refractivity contribution in [2.45, 2.75) is 31.6 Å². The van der Waals surface area contributed by atoms with E-state index in [1.807, 2.05) is 13.8 Å². The normalized spacial score (nSPS) is 11.3. The first kappa shape index (κ1) is 15.7. The molecule has 0 aromatic heterocycles. The SMILES string of the molecule is CCCC(=O)OCCNS(=O)(=O)c1ccc(C)cc1. The number of aryl methyl sites for hydroxylation is 1. The van der Waals surface area contributed by atoms with E-state index in [1.54, 1.807) is 24.3 Å². The molecule has 0 heterocycles. The second-order valence-electron chi connectivity index (χ2n) is 4.18. The first-order valence-electron chi connectivity index (χ1n) is 6.17. The first-order valence-corrected chi connectivity index (χ1v) is 7.66. The number of benzene rings is 1. The number of carbonyl (C=O) groups is 1. The fraction of sp³-hybridized carbons (Fsp3) is 0.462. The van der Waals surface area contributed by atoms with Crippen molar-refractivity contribution in [3.8, 4) is 0 Å². The monoisotopic (exact) mass is 285 g/mol. The predicted octanol–water partition coefficient (Wildman–Crippen LogP) is 1.62. The molecule has 19 heavy (non-hydrogen) atoms. The van der Waals surface area contributed by atoms with Gasteiger partial charge >= 0.3 is 5.97 Å². The molecule has 0 radical (unpaired) electrons. The quantitative estimate of drug-likeness (QED) is 0.610. The van der Waals surface area contributed by atoms with E-state index in [0.717, 1.165) is 5.56 Å². The van der Waals surface area contributed by atoms with Gasteiger partial charge in [-0.3, -0.25) is 4.79 Å². The van der Waals surface area contributed by atoms with Crippen LogP contribution in [0.2, 0.25) is 0 Å². The third-order valence-electron chi connectivity index (χ3n) is 2.44. The highest BCUT2D eigenvalue weighted by atomic mass is 32.2. The fourth-order valence-electron chi connectivity index (χ4n) is 1.42. The van der Waals surface area contributed by atoms with Crippen LogP contribution in [0.25, 0.3) is 0 Å². The molecule has 0 aliphatic carbocycles. The molecule has 1 aromatic rings. The van der Waals surface area contributed by atoms with Gasteiger partial charge in [0.25, 0.3) is 0 Å². The number of carbonyl (C=O) groups excluding carboxylic acids is 1. The van der Waals surface area contributed by atoms with Gasteiger partial charge in [0.05, 0.1) is 4.90 Å². The highest BCUT2D eigenvalue weighted by Crippen LogP contribution is 2.09. The number of rotatable bonds is 7. The Morgan fingerprint density at radius 1 is 1.26 bits per heavy atom. The van der Waals surface area contributed by atoms with Gasteiger partial charge in [-0.25, -0.2) is 13.1 Å². The molecule has 6 heteroatoms. The average molecular weight is 285 g/mol. The second-order valence-corrected chi connectivity index (χ2v) is 5.95. The highest BCUT2D eigenvalue weighted by molar-refractivity contribution is 7.89. The Bertz CT molecular complexity index is 508. The molecule has 1 aromatic carbocycles. The lowest BCUT2D eigenvalue weighted by Gasteiger charge is -2.07. The molecule has 1 N–H and O–H groups in total. The summed E-state index contributed by atoms with van der Waals surface area (Å²) in [6, 6.07) is 6.55. The van der Waals surface area contributed by atoms with Crippen LogP contribution >= 0.6 is 0 Å². The lowest BCUT2D eigenvalue weighted by atomic mass is 10.2. The molecule has 0 unspecified atom stereocenters. The molecule has 0 saturated carbocycles. The Morgan fingerprint density at radius 2 is 1.89 bits per heavy atom. The summed E-state index contributed by atoms with van der Waals surface area (Å²) in [7, 11) is -3.53. The molecule has 0 saturated heterocycles. The van der Waals surface area contributed by atoms with Crippen LogP contribution in [-0.4, -0.2) is 27.5 Å². The van der Waals surface area contributed by atoms with Crippen molar-refractivity contribution in [2.75, 3.05) is 13.2 Å². The largest absolute Gasteiger partial charge is 0.464 e. The topological polar surface area (TPSA) is 72.5 Å². The maximum absolute atomic E-state index is 11.9. The smallest absolute Gasteiger partial charge is 0.305 e. The van der Waals surface area contributed by atoms with Crippen LogP contribution < -0.4 is 4.72 Å². The van der Waals surface area contributed by atoms with E-state index in [2.05, 4.69) is 4.72 Å². The summed E-state index contributed by atoms with van der Waals surface area (Å²) in [5, 5.41) is 0. The van der Waals surface area contributed by atoms with Gasteiger partial charge in [0.2, 0.25) is 10.0 Å². The van der Waals surface area contributed by atoms with E-state index in [4.69, 9.17) is 4.74 Å². The summed E-state index contributed by atoms with van der Waals surface area (Å²) in [6.45, 7) is 3.88. The third-order valence-corrected chi connectivity index (χ3v) is 3.92. The maximum Gasteiger partial charge on any atom is 0.305 e. The van der Waals surface area contributed by atoms with Crippen LogP contribution in [0.5, 0.6) is 0 Å². The molecule has 0 atom stereocenters. The minimum atomic E-state index is -3.53. The minimum absolute atomic E-state index is 0.0456. The number of ether oxygens (including phenoxy) is 1. The molecule has 0 amide bonds. The minimum Gasteiger partial charge on any atom is -0.464 e. The van der Waals surface area contributed by atoms with Crippen molar-refractivity contribution in [1.82, 2.24) is 4.72 Å². The van der Waals surface area contributed by atoms with Crippen LogP contribution in [0.15, 0.2) is 29.2 Å². The highest BCUT2D eigenvalue weighted by Gasteiger charge is 2.12.